The molecule has 0 fully saturated rings. The number of nitrogens with one attached hydrogen (secondary N) is 1. The Morgan fingerprint density at radius 3 is 3.30 bits per heavy atom. The molecule has 2 heteroatoms. The van der Waals surface area contributed by atoms with Gasteiger partial charge in [-0.15, -0.1) is 0 Å². The zero-order valence-electron chi connectivity index (χ0n) is 5.88. The van der Waals surface area contributed by atoms with Crippen LogP contribution in [0.25, 0.3) is 0 Å². The standard InChI is InChI=1S/C8H10N2/c1-2-6-10-7-3-5-9-8(10)4-1/h1-2,4,6H,3,5,7H2/p+1. The number of fused-ring (bicyclic) bond motifs is 1. The molecule has 0 bridgehead atoms. The Morgan fingerprint density at radius 1 is 1.40 bits per heavy atom. The Hall–Kier alpha value is -1.05. The second kappa shape index (κ2) is 2.29. The summed E-state index contributed by atoms with van der Waals surface area (Å²) in [5.74, 6) is 1.24. The fourth-order valence-corrected chi connectivity index (χ4v) is 1.30. The lowest BCUT2D eigenvalue weighted by Gasteiger charge is -2.10. The topological polar surface area (TPSA) is 15.9 Å². The number of hydrogen-bond acceptors (Lipinski definition) is 1. The van der Waals surface area contributed by atoms with Crippen LogP contribution in [0.1, 0.15) is 6.42 Å². The minimum atomic E-state index is 1.12. The van der Waals surface area contributed by atoms with E-state index in [0.29, 0.717) is 0 Å². The van der Waals surface area contributed by atoms with Crippen molar-refractivity contribution in [2.24, 2.45) is 0 Å². The first kappa shape index (κ1) is 5.71. The zero-order chi connectivity index (χ0) is 6.81. The first-order valence-electron chi connectivity index (χ1n) is 3.69. The molecule has 1 aliphatic rings. The van der Waals surface area contributed by atoms with Crippen LogP contribution in [0.3, 0.4) is 0 Å². The van der Waals surface area contributed by atoms with Gasteiger partial charge in [0.05, 0.1) is 19.3 Å². The van der Waals surface area contributed by atoms with Crippen molar-refractivity contribution in [3.63, 3.8) is 0 Å². The Bertz CT molecular complexity index is 207. The average Bonchev–Trinajstić information content (AvgIpc) is 2.05. The normalized spacial score (nSPS) is 15.6. The van der Waals surface area contributed by atoms with Crippen molar-refractivity contribution in [3.8, 4) is 0 Å². The van der Waals surface area contributed by atoms with E-state index in [9.17, 15) is 0 Å². The number of rotatable bonds is 0. The minimum Gasteiger partial charge on any atom is -0.274 e. The van der Waals surface area contributed by atoms with Gasteiger partial charge in [0.2, 0.25) is 0 Å². The van der Waals surface area contributed by atoms with Crippen molar-refractivity contribution < 1.29 is 4.57 Å². The molecule has 1 N–H and O–H groups in total. The van der Waals surface area contributed by atoms with Crippen LogP contribution in [-0.4, -0.2) is 6.54 Å². The highest BCUT2D eigenvalue weighted by Crippen LogP contribution is 2.02. The summed E-state index contributed by atoms with van der Waals surface area (Å²) in [4.78, 5) is 0. The van der Waals surface area contributed by atoms with E-state index >= 15 is 0 Å². The molecular formula is C8H11N2+. The van der Waals surface area contributed by atoms with Crippen molar-refractivity contribution in [3.05, 3.63) is 24.4 Å². The third kappa shape index (κ3) is 0.856. The third-order valence-electron chi connectivity index (χ3n) is 1.82. The molecule has 1 aromatic heterocycles. The van der Waals surface area contributed by atoms with Gasteiger partial charge in [-0.25, -0.2) is 4.57 Å². The molecule has 2 rings (SSSR count). The Labute approximate surface area is 60.5 Å². The third-order valence-corrected chi connectivity index (χ3v) is 1.82. The van der Waals surface area contributed by atoms with Crippen LogP contribution in [-0.2, 0) is 6.54 Å². The van der Waals surface area contributed by atoms with Gasteiger partial charge < -0.3 is 0 Å². The molecule has 0 atom stereocenters. The molecule has 0 aromatic carbocycles. The highest BCUT2D eigenvalue weighted by Gasteiger charge is 2.11. The molecule has 10 heavy (non-hydrogen) atoms. The van der Waals surface area contributed by atoms with Crippen LogP contribution in [0.2, 0.25) is 0 Å². The van der Waals surface area contributed by atoms with E-state index in [1.807, 2.05) is 0 Å². The summed E-state index contributed by atoms with van der Waals surface area (Å²) in [5, 5.41) is 3.33. The predicted molar refractivity (Wildman–Crippen MR) is 39.7 cm³/mol. The number of anilines is 1. The van der Waals surface area contributed by atoms with Gasteiger partial charge in [0.1, 0.15) is 0 Å². The number of pyridine rings is 1. The predicted octanol–water partition coefficient (Wildman–Crippen LogP) is 0.790. The van der Waals surface area contributed by atoms with Crippen molar-refractivity contribution >= 4 is 5.82 Å². The molecule has 0 saturated carbocycles. The number of aromatic nitrogens is 1. The van der Waals surface area contributed by atoms with Gasteiger partial charge in [-0.1, -0.05) is 6.07 Å². The van der Waals surface area contributed by atoms with Gasteiger partial charge in [0.15, 0.2) is 0 Å². The lowest BCUT2D eigenvalue weighted by Crippen LogP contribution is -2.41. The number of hydrogen-bond donors (Lipinski definition) is 1. The summed E-state index contributed by atoms with van der Waals surface area (Å²) in [6, 6.07) is 6.24. The highest BCUT2D eigenvalue weighted by atomic mass is 15.1. The molecule has 2 heterocycles. The van der Waals surface area contributed by atoms with Crippen molar-refractivity contribution in [2.45, 2.75) is 13.0 Å². The van der Waals surface area contributed by atoms with E-state index in [4.69, 9.17) is 0 Å². The molecule has 1 aromatic rings. The van der Waals surface area contributed by atoms with E-state index in [2.05, 4.69) is 34.3 Å². The van der Waals surface area contributed by atoms with Crippen molar-refractivity contribution in [1.82, 2.24) is 0 Å². The van der Waals surface area contributed by atoms with Crippen LogP contribution < -0.4 is 9.88 Å². The lowest BCUT2D eigenvalue weighted by atomic mass is 10.3. The van der Waals surface area contributed by atoms with Gasteiger partial charge in [0, 0.05) is 12.5 Å². The Kier molecular flexibility index (Phi) is 1.31. The summed E-state index contributed by atoms with van der Waals surface area (Å²) in [6.45, 7) is 2.27. The molecule has 0 amide bonds. The second-order valence-corrected chi connectivity index (χ2v) is 2.56. The largest absolute Gasteiger partial charge is 0.274 e. The molecular weight excluding hydrogens is 124 g/mol. The number of aryl methyl sites for hydroxylation is 1. The zero-order valence-corrected chi connectivity index (χ0v) is 5.88. The molecule has 0 aliphatic carbocycles. The van der Waals surface area contributed by atoms with Crippen LogP contribution in [0, 0.1) is 0 Å². The van der Waals surface area contributed by atoms with E-state index in [0.717, 1.165) is 13.1 Å². The fourth-order valence-electron chi connectivity index (χ4n) is 1.30. The fraction of sp³-hybridized carbons (Fsp3) is 0.375. The van der Waals surface area contributed by atoms with Gasteiger partial charge in [-0.3, -0.25) is 5.32 Å². The van der Waals surface area contributed by atoms with Crippen LogP contribution in [0.5, 0.6) is 0 Å². The summed E-state index contributed by atoms with van der Waals surface area (Å²) < 4.78 is 2.24. The Balaban J connectivity index is 2.41. The number of nitrogens with zero attached hydrogens (tertiary/aromatic N) is 1. The SMILES string of the molecule is c1cc[n+]2c(c1)NCCC2. The van der Waals surface area contributed by atoms with Gasteiger partial charge in [-0.2, -0.15) is 0 Å². The molecule has 0 unspecified atom stereocenters. The van der Waals surface area contributed by atoms with E-state index < -0.39 is 0 Å². The molecule has 52 valence electrons. The monoisotopic (exact) mass is 135 g/mol. The average molecular weight is 135 g/mol. The Morgan fingerprint density at radius 2 is 2.40 bits per heavy atom. The van der Waals surface area contributed by atoms with Crippen LogP contribution in [0.15, 0.2) is 24.4 Å². The van der Waals surface area contributed by atoms with Gasteiger partial charge in [0.25, 0.3) is 5.82 Å². The maximum Gasteiger partial charge on any atom is 0.274 e. The van der Waals surface area contributed by atoms with Gasteiger partial charge in [-0.05, 0) is 6.07 Å². The minimum absolute atomic E-state index is 1.12. The maximum atomic E-state index is 3.33. The lowest BCUT2D eigenvalue weighted by molar-refractivity contribution is -0.686. The first-order chi connectivity index (χ1) is 4.97. The molecule has 0 spiro atoms. The van der Waals surface area contributed by atoms with E-state index in [1.54, 1.807) is 0 Å². The maximum absolute atomic E-state index is 3.33. The summed E-state index contributed by atoms with van der Waals surface area (Å²) in [5.41, 5.74) is 0. The second-order valence-electron chi connectivity index (χ2n) is 2.56. The highest BCUT2D eigenvalue weighted by molar-refractivity contribution is 5.27. The molecule has 0 saturated heterocycles. The molecule has 2 nitrogen and oxygen atoms in total. The van der Waals surface area contributed by atoms with Gasteiger partial charge >= 0.3 is 0 Å². The first-order valence-corrected chi connectivity index (χ1v) is 3.69. The molecule has 1 aliphatic heterocycles. The van der Waals surface area contributed by atoms with Crippen molar-refractivity contribution in [1.29, 1.82) is 0 Å². The van der Waals surface area contributed by atoms with E-state index in [-0.39, 0.29) is 0 Å². The summed E-state index contributed by atoms with van der Waals surface area (Å²) >= 11 is 0. The van der Waals surface area contributed by atoms with E-state index in [1.165, 1.54) is 12.2 Å². The smallest absolute Gasteiger partial charge is 0.274 e. The quantitative estimate of drug-likeness (QED) is 0.520. The van der Waals surface area contributed by atoms with Crippen LogP contribution >= 0.6 is 0 Å². The van der Waals surface area contributed by atoms with Crippen molar-refractivity contribution in [2.75, 3.05) is 11.9 Å². The molecule has 0 radical (unpaired) electrons. The summed E-state index contributed by atoms with van der Waals surface area (Å²) in [7, 11) is 0. The summed E-state index contributed by atoms with van der Waals surface area (Å²) in [6.07, 6.45) is 3.35. The van der Waals surface area contributed by atoms with Crippen LogP contribution in [0.4, 0.5) is 5.82 Å².